The first kappa shape index (κ1) is 16.9. The SMILES string of the molecule is O=C(N=C1N=c2ccccc2=N1)c1ccc2c(O)n(Cc3ccco3)c(O)c2c1. The second kappa shape index (κ2) is 6.45. The Balaban J connectivity index is 1.51. The molecule has 1 aliphatic heterocycles. The van der Waals surface area contributed by atoms with E-state index in [4.69, 9.17) is 4.42 Å². The van der Waals surface area contributed by atoms with Crippen molar-refractivity contribution >= 4 is 22.6 Å². The zero-order valence-corrected chi connectivity index (χ0v) is 15.0. The van der Waals surface area contributed by atoms with Gasteiger partial charge in [0.2, 0.25) is 11.8 Å². The number of fused-ring (bicyclic) bond motifs is 2. The molecule has 1 amide bonds. The molecule has 0 unspecified atom stereocenters. The lowest BCUT2D eigenvalue weighted by atomic mass is 10.1. The number of para-hydroxylation sites is 2. The third-order valence-corrected chi connectivity index (χ3v) is 4.68. The van der Waals surface area contributed by atoms with E-state index in [0.717, 1.165) is 0 Å². The normalized spacial score (nSPS) is 12.5. The predicted octanol–water partition coefficient (Wildman–Crippen LogP) is 2.14. The zero-order chi connectivity index (χ0) is 20.0. The summed E-state index contributed by atoms with van der Waals surface area (Å²) in [6.07, 6.45) is 1.51. The monoisotopic (exact) mass is 386 g/mol. The van der Waals surface area contributed by atoms with Crippen LogP contribution in [0.25, 0.3) is 10.8 Å². The van der Waals surface area contributed by atoms with Gasteiger partial charge in [-0.25, -0.2) is 9.98 Å². The van der Waals surface area contributed by atoms with E-state index in [1.165, 1.54) is 23.0 Å². The quantitative estimate of drug-likeness (QED) is 0.562. The van der Waals surface area contributed by atoms with Gasteiger partial charge < -0.3 is 14.6 Å². The van der Waals surface area contributed by atoms with Gasteiger partial charge in [0.1, 0.15) is 5.76 Å². The molecule has 0 radical (unpaired) electrons. The Hall–Kier alpha value is -4.20. The maximum absolute atomic E-state index is 12.6. The van der Waals surface area contributed by atoms with Crippen LogP contribution in [0.15, 0.2) is 80.3 Å². The van der Waals surface area contributed by atoms with Crippen molar-refractivity contribution in [2.45, 2.75) is 6.54 Å². The average molecular weight is 386 g/mol. The molecule has 29 heavy (non-hydrogen) atoms. The van der Waals surface area contributed by atoms with E-state index in [1.807, 2.05) is 12.1 Å². The summed E-state index contributed by atoms with van der Waals surface area (Å²) >= 11 is 0. The second-order valence-corrected chi connectivity index (χ2v) is 6.50. The summed E-state index contributed by atoms with van der Waals surface area (Å²) in [5, 5.41) is 23.1. The van der Waals surface area contributed by atoms with E-state index < -0.39 is 5.91 Å². The van der Waals surface area contributed by atoms with Gasteiger partial charge in [0.15, 0.2) is 0 Å². The van der Waals surface area contributed by atoms with E-state index in [2.05, 4.69) is 15.0 Å². The van der Waals surface area contributed by atoms with Crippen molar-refractivity contribution in [3.05, 3.63) is 82.9 Å². The Morgan fingerprint density at radius 2 is 1.69 bits per heavy atom. The number of aromatic hydroxyl groups is 2. The van der Waals surface area contributed by atoms with Gasteiger partial charge in [-0.1, -0.05) is 12.1 Å². The van der Waals surface area contributed by atoms with Crippen LogP contribution in [0.4, 0.5) is 0 Å². The van der Waals surface area contributed by atoms with Crippen LogP contribution in [0, 0.1) is 0 Å². The number of amides is 1. The highest BCUT2D eigenvalue weighted by Gasteiger charge is 2.19. The Morgan fingerprint density at radius 3 is 2.38 bits per heavy atom. The number of aromatic nitrogens is 1. The molecule has 5 rings (SSSR count). The lowest BCUT2D eigenvalue weighted by Crippen LogP contribution is -2.19. The summed E-state index contributed by atoms with van der Waals surface area (Å²) in [6.45, 7) is 0.154. The molecule has 2 aromatic carbocycles. The van der Waals surface area contributed by atoms with Crippen LogP contribution in [-0.4, -0.2) is 26.6 Å². The van der Waals surface area contributed by atoms with Crippen molar-refractivity contribution in [3.8, 4) is 11.8 Å². The lowest BCUT2D eigenvalue weighted by molar-refractivity contribution is 0.100. The molecule has 2 aromatic heterocycles. The molecule has 0 fully saturated rings. The van der Waals surface area contributed by atoms with E-state index >= 15 is 0 Å². The molecule has 142 valence electrons. The van der Waals surface area contributed by atoms with Gasteiger partial charge in [0.25, 0.3) is 11.9 Å². The second-order valence-electron chi connectivity index (χ2n) is 6.50. The fraction of sp³-hybridized carbons (Fsp3) is 0.0476. The first-order chi connectivity index (χ1) is 14.1. The molecule has 0 aliphatic carbocycles. The first-order valence-electron chi connectivity index (χ1n) is 8.82. The molecule has 8 nitrogen and oxygen atoms in total. The minimum atomic E-state index is -0.542. The number of hydrogen-bond acceptors (Lipinski definition) is 4. The number of benzene rings is 2. The van der Waals surface area contributed by atoms with E-state index in [1.54, 1.807) is 30.3 Å². The van der Waals surface area contributed by atoms with Crippen molar-refractivity contribution in [3.63, 3.8) is 0 Å². The van der Waals surface area contributed by atoms with Gasteiger partial charge in [-0.2, -0.15) is 4.99 Å². The minimum absolute atomic E-state index is 0.0822. The summed E-state index contributed by atoms with van der Waals surface area (Å²) in [7, 11) is 0. The Morgan fingerprint density at radius 1 is 0.966 bits per heavy atom. The molecule has 4 aromatic rings. The van der Waals surface area contributed by atoms with E-state index in [9.17, 15) is 15.0 Å². The molecule has 0 bridgehead atoms. The van der Waals surface area contributed by atoms with Gasteiger partial charge in [-0.05, 0) is 42.5 Å². The van der Waals surface area contributed by atoms with Crippen LogP contribution in [0.1, 0.15) is 16.1 Å². The molecule has 8 heteroatoms. The van der Waals surface area contributed by atoms with Gasteiger partial charge in [-0.3, -0.25) is 9.36 Å². The molecule has 2 N–H and O–H groups in total. The topological polar surface area (TPSA) is 113 Å². The fourth-order valence-corrected chi connectivity index (χ4v) is 3.26. The van der Waals surface area contributed by atoms with Crippen LogP contribution in [0.5, 0.6) is 11.8 Å². The molecule has 0 saturated carbocycles. The largest absolute Gasteiger partial charge is 0.494 e. The number of guanidine groups is 1. The van der Waals surface area contributed by atoms with Crippen molar-refractivity contribution in [1.29, 1.82) is 0 Å². The summed E-state index contributed by atoms with van der Waals surface area (Å²) in [6, 6.07) is 15.3. The Bertz CT molecular complexity index is 1380. The van der Waals surface area contributed by atoms with Crippen LogP contribution >= 0.6 is 0 Å². The highest BCUT2D eigenvalue weighted by Crippen LogP contribution is 2.37. The summed E-state index contributed by atoms with van der Waals surface area (Å²) in [4.78, 5) is 25.0. The number of hydrogen-bond donors (Lipinski definition) is 2. The molecule has 0 atom stereocenters. The maximum atomic E-state index is 12.6. The number of aliphatic imine (C=N–C) groups is 1. The maximum Gasteiger partial charge on any atom is 0.280 e. The lowest BCUT2D eigenvalue weighted by Gasteiger charge is -2.03. The van der Waals surface area contributed by atoms with Crippen molar-refractivity contribution in [2.24, 2.45) is 15.0 Å². The van der Waals surface area contributed by atoms with Crippen molar-refractivity contribution in [2.75, 3.05) is 0 Å². The standard InChI is InChI=1S/C21H14N4O4/c26-18(24-21-22-16-5-1-2-6-17(16)23-21)12-7-8-14-15(10-12)20(28)25(19(14)27)11-13-4-3-9-29-13/h1-10,27-28H,11H2. The molecule has 0 spiro atoms. The number of rotatable bonds is 3. The van der Waals surface area contributed by atoms with Crippen LogP contribution in [0.2, 0.25) is 0 Å². The number of carbonyl (C=O) groups is 1. The third kappa shape index (κ3) is 2.87. The van der Waals surface area contributed by atoms with E-state index in [-0.39, 0.29) is 29.8 Å². The predicted molar refractivity (Wildman–Crippen MR) is 104 cm³/mol. The summed E-state index contributed by atoms with van der Waals surface area (Å²) < 4.78 is 6.58. The Labute approximate surface area is 163 Å². The molecule has 1 aliphatic rings. The number of furan rings is 1. The third-order valence-electron chi connectivity index (χ3n) is 4.68. The number of carbonyl (C=O) groups excluding carboxylic acids is 1. The Kier molecular flexibility index (Phi) is 3.77. The smallest absolute Gasteiger partial charge is 0.280 e. The summed E-state index contributed by atoms with van der Waals surface area (Å²) in [5.41, 5.74) is 0.247. The van der Waals surface area contributed by atoms with Gasteiger partial charge in [0.05, 0.1) is 23.5 Å². The van der Waals surface area contributed by atoms with Gasteiger partial charge >= 0.3 is 0 Å². The number of nitrogens with zero attached hydrogens (tertiary/aromatic N) is 4. The van der Waals surface area contributed by atoms with Crippen LogP contribution < -0.4 is 10.7 Å². The van der Waals surface area contributed by atoms with Gasteiger partial charge in [0, 0.05) is 16.3 Å². The van der Waals surface area contributed by atoms with Crippen molar-refractivity contribution in [1.82, 2.24) is 4.57 Å². The summed E-state index contributed by atoms with van der Waals surface area (Å²) in [5.74, 6) is -0.171. The van der Waals surface area contributed by atoms with Crippen LogP contribution in [0.3, 0.4) is 0 Å². The van der Waals surface area contributed by atoms with Crippen molar-refractivity contribution < 1.29 is 19.4 Å². The highest BCUT2D eigenvalue weighted by atomic mass is 16.3. The first-order valence-corrected chi connectivity index (χ1v) is 8.82. The van der Waals surface area contributed by atoms with Gasteiger partial charge in [-0.15, -0.1) is 0 Å². The fourth-order valence-electron chi connectivity index (χ4n) is 3.26. The minimum Gasteiger partial charge on any atom is -0.494 e. The average Bonchev–Trinajstić information content (AvgIpc) is 3.43. The molecule has 3 heterocycles. The molecular formula is C21H14N4O4. The molecule has 0 saturated heterocycles. The van der Waals surface area contributed by atoms with E-state index in [0.29, 0.717) is 27.2 Å². The highest BCUT2D eigenvalue weighted by molar-refractivity contribution is 6.06. The zero-order valence-electron chi connectivity index (χ0n) is 15.0. The molecular weight excluding hydrogens is 372 g/mol. The van der Waals surface area contributed by atoms with Crippen LogP contribution in [-0.2, 0) is 6.54 Å².